The minimum absolute atomic E-state index is 0.258. The minimum Gasteiger partial charge on any atom is -0.396 e. The largest absolute Gasteiger partial charge is 0.396 e. The van der Waals surface area contributed by atoms with Crippen LogP contribution in [0.1, 0.15) is 13.8 Å². The smallest absolute Gasteiger partial charge is 0.0738 e. The number of hydrogen-bond donors (Lipinski definition) is 1. The van der Waals surface area contributed by atoms with Gasteiger partial charge in [-0.3, -0.25) is 4.98 Å². The molecule has 1 fully saturated rings. The van der Waals surface area contributed by atoms with Gasteiger partial charge in [-0.25, -0.2) is 0 Å². The first-order valence-electron chi connectivity index (χ1n) is 5.26. The highest BCUT2D eigenvalue weighted by atomic mass is 16.5. The molecule has 2 unspecified atom stereocenters. The second-order valence-electron chi connectivity index (χ2n) is 4.08. The number of pyridine rings is 1. The first kappa shape index (κ1) is 10.2. The normalized spacial score (nSPS) is 26.7. The maximum absolute atomic E-state index is 5.91. The number of nitrogen functional groups attached to an aromatic ring is 1. The van der Waals surface area contributed by atoms with Crippen LogP contribution >= 0.6 is 0 Å². The summed E-state index contributed by atoms with van der Waals surface area (Å²) < 4.78 is 5.58. The average Bonchev–Trinajstić information content (AvgIpc) is 2.23. The maximum atomic E-state index is 5.91. The van der Waals surface area contributed by atoms with Crippen molar-refractivity contribution in [2.24, 2.45) is 0 Å². The van der Waals surface area contributed by atoms with Gasteiger partial charge in [0.05, 0.1) is 30.3 Å². The fraction of sp³-hybridized carbons (Fsp3) is 0.545. The van der Waals surface area contributed by atoms with E-state index in [9.17, 15) is 0 Å². The molecule has 0 saturated carbocycles. The van der Waals surface area contributed by atoms with Crippen LogP contribution in [-0.2, 0) is 4.74 Å². The van der Waals surface area contributed by atoms with Crippen LogP contribution in [0.3, 0.4) is 0 Å². The van der Waals surface area contributed by atoms with E-state index in [-0.39, 0.29) is 6.10 Å². The molecule has 0 amide bonds. The molecule has 0 aliphatic carbocycles. The summed E-state index contributed by atoms with van der Waals surface area (Å²) in [6, 6.07) is 2.33. The Labute approximate surface area is 90.0 Å². The van der Waals surface area contributed by atoms with E-state index in [0.717, 1.165) is 24.5 Å². The van der Waals surface area contributed by atoms with Crippen molar-refractivity contribution in [1.29, 1.82) is 0 Å². The number of nitrogens with zero attached hydrogens (tertiary/aromatic N) is 2. The van der Waals surface area contributed by atoms with Crippen LogP contribution in [0.15, 0.2) is 18.5 Å². The van der Waals surface area contributed by atoms with Crippen molar-refractivity contribution < 1.29 is 4.74 Å². The van der Waals surface area contributed by atoms with E-state index < -0.39 is 0 Å². The second-order valence-corrected chi connectivity index (χ2v) is 4.08. The number of ether oxygens (including phenoxy) is 1. The summed E-state index contributed by atoms with van der Waals surface area (Å²) in [5.41, 5.74) is 7.71. The molecule has 2 rings (SSSR count). The molecule has 2 heterocycles. The highest BCUT2D eigenvalue weighted by Gasteiger charge is 2.24. The van der Waals surface area contributed by atoms with Gasteiger partial charge in [0.2, 0.25) is 0 Å². The van der Waals surface area contributed by atoms with Gasteiger partial charge < -0.3 is 15.4 Å². The predicted molar refractivity (Wildman–Crippen MR) is 60.9 cm³/mol. The van der Waals surface area contributed by atoms with Crippen LogP contribution < -0.4 is 10.6 Å². The molecule has 1 aromatic heterocycles. The molecular weight excluding hydrogens is 190 g/mol. The Kier molecular flexibility index (Phi) is 2.77. The average molecular weight is 207 g/mol. The zero-order valence-electron chi connectivity index (χ0n) is 9.18. The van der Waals surface area contributed by atoms with Crippen LogP contribution in [0.4, 0.5) is 11.4 Å². The van der Waals surface area contributed by atoms with Gasteiger partial charge in [0.1, 0.15) is 0 Å². The van der Waals surface area contributed by atoms with Crippen LogP contribution in [-0.4, -0.2) is 30.3 Å². The van der Waals surface area contributed by atoms with E-state index in [1.54, 1.807) is 12.4 Å². The summed E-state index contributed by atoms with van der Waals surface area (Å²) >= 11 is 0. The molecule has 2 atom stereocenters. The Morgan fingerprint density at radius 3 is 3.07 bits per heavy atom. The summed E-state index contributed by atoms with van der Waals surface area (Å²) in [7, 11) is 0. The highest BCUT2D eigenvalue weighted by Crippen LogP contribution is 2.26. The van der Waals surface area contributed by atoms with Crippen LogP contribution in [0, 0.1) is 0 Å². The molecule has 82 valence electrons. The van der Waals surface area contributed by atoms with E-state index in [1.807, 2.05) is 6.07 Å². The second kappa shape index (κ2) is 4.06. The number of morpholine rings is 1. The van der Waals surface area contributed by atoms with E-state index >= 15 is 0 Å². The SMILES string of the molecule is CC1CN(c2ccncc2N)C(C)CO1. The number of anilines is 2. The molecule has 0 radical (unpaired) electrons. The first-order chi connectivity index (χ1) is 7.18. The third kappa shape index (κ3) is 2.04. The van der Waals surface area contributed by atoms with Gasteiger partial charge in [0.15, 0.2) is 0 Å². The Hall–Kier alpha value is -1.29. The molecule has 1 saturated heterocycles. The van der Waals surface area contributed by atoms with E-state index in [1.165, 1.54) is 0 Å². The molecule has 0 bridgehead atoms. The van der Waals surface area contributed by atoms with Crippen LogP contribution in [0.5, 0.6) is 0 Å². The van der Waals surface area contributed by atoms with Gasteiger partial charge in [0.25, 0.3) is 0 Å². The van der Waals surface area contributed by atoms with Gasteiger partial charge >= 0.3 is 0 Å². The topological polar surface area (TPSA) is 51.4 Å². The standard InChI is InChI=1S/C11H17N3O/c1-8-7-15-9(2)6-14(8)11-3-4-13-5-10(11)12/h3-5,8-9H,6-7,12H2,1-2H3. The molecule has 2 N–H and O–H groups in total. The lowest BCUT2D eigenvalue weighted by Gasteiger charge is -2.38. The van der Waals surface area contributed by atoms with Crippen LogP contribution in [0.25, 0.3) is 0 Å². The summed E-state index contributed by atoms with van der Waals surface area (Å²) in [5.74, 6) is 0. The Bertz CT molecular complexity index is 342. The van der Waals surface area contributed by atoms with Crippen molar-refractivity contribution in [1.82, 2.24) is 4.98 Å². The summed E-state index contributed by atoms with van der Waals surface area (Å²) in [6.07, 6.45) is 3.73. The van der Waals surface area contributed by atoms with E-state index in [0.29, 0.717) is 6.04 Å². The lowest BCUT2D eigenvalue weighted by atomic mass is 10.1. The molecule has 15 heavy (non-hydrogen) atoms. The van der Waals surface area contributed by atoms with Gasteiger partial charge in [-0.1, -0.05) is 0 Å². The fourth-order valence-electron chi connectivity index (χ4n) is 1.90. The molecular formula is C11H17N3O. The fourth-order valence-corrected chi connectivity index (χ4v) is 1.90. The lowest BCUT2D eigenvalue weighted by Crippen LogP contribution is -2.47. The van der Waals surface area contributed by atoms with Gasteiger partial charge in [0, 0.05) is 18.8 Å². The molecule has 1 aliphatic heterocycles. The van der Waals surface area contributed by atoms with Crippen molar-refractivity contribution in [3.63, 3.8) is 0 Å². The monoisotopic (exact) mass is 207 g/mol. The third-order valence-corrected chi connectivity index (χ3v) is 2.75. The van der Waals surface area contributed by atoms with Crippen molar-refractivity contribution in [2.45, 2.75) is 26.0 Å². The van der Waals surface area contributed by atoms with Crippen molar-refractivity contribution >= 4 is 11.4 Å². The Morgan fingerprint density at radius 2 is 2.33 bits per heavy atom. The first-order valence-corrected chi connectivity index (χ1v) is 5.26. The summed E-state index contributed by atoms with van der Waals surface area (Å²) in [6.45, 7) is 5.86. The summed E-state index contributed by atoms with van der Waals surface area (Å²) in [4.78, 5) is 6.28. The third-order valence-electron chi connectivity index (χ3n) is 2.75. The minimum atomic E-state index is 0.258. The Balaban J connectivity index is 2.25. The van der Waals surface area contributed by atoms with E-state index in [4.69, 9.17) is 10.5 Å². The van der Waals surface area contributed by atoms with Crippen molar-refractivity contribution in [2.75, 3.05) is 23.8 Å². The number of nitrogens with two attached hydrogens (primary N) is 1. The summed E-state index contributed by atoms with van der Waals surface area (Å²) in [5, 5.41) is 0. The zero-order chi connectivity index (χ0) is 10.8. The predicted octanol–water partition coefficient (Wildman–Crippen LogP) is 1.28. The molecule has 4 nitrogen and oxygen atoms in total. The van der Waals surface area contributed by atoms with E-state index in [2.05, 4.69) is 23.7 Å². The molecule has 4 heteroatoms. The van der Waals surface area contributed by atoms with Crippen molar-refractivity contribution in [3.8, 4) is 0 Å². The maximum Gasteiger partial charge on any atom is 0.0738 e. The van der Waals surface area contributed by atoms with Gasteiger partial charge in [-0.05, 0) is 19.9 Å². The quantitative estimate of drug-likeness (QED) is 0.753. The molecule has 0 spiro atoms. The molecule has 0 aromatic carbocycles. The number of hydrogen-bond acceptors (Lipinski definition) is 4. The van der Waals surface area contributed by atoms with Gasteiger partial charge in [-0.2, -0.15) is 0 Å². The van der Waals surface area contributed by atoms with Crippen LogP contribution in [0.2, 0.25) is 0 Å². The number of rotatable bonds is 1. The number of aromatic nitrogens is 1. The van der Waals surface area contributed by atoms with Gasteiger partial charge in [-0.15, -0.1) is 0 Å². The molecule has 1 aliphatic rings. The zero-order valence-corrected chi connectivity index (χ0v) is 9.18. The lowest BCUT2D eigenvalue weighted by molar-refractivity contribution is 0.0344. The highest BCUT2D eigenvalue weighted by molar-refractivity contribution is 5.66. The molecule has 1 aromatic rings. The van der Waals surface area contributed by atoms with Crippen molar-refractivity contribution in [3.05, 3.63) is 18.5 Å². The Morgan fingerprint density at radius 1 is 1.53 bits per heavy atom.